The number of carbonyl (C=O) groups is 1. The Bertz CT molecular complexity index is 262. The standard InChI is InChI=1S/C7H6O2S.W/c8-7(9)5-2-1-3-6(10)4-5;/h1-4,10H,(H,8,9);/p-1. The van der Waals surface area contributed by atoms with Gasteiger partial charge in [0.05, 0.1) is 5.56 Å². The molecule has 0 saturated carbocycles. The number of aromatic carboxylic acids is 1. The van der Waals surface area contributed by atoms with Gasteiger partial charge in [-0.3, -0.25) is 0 Å². The van der Waals surface area contributed by atoms with Crippen molar-refractivity contribution in [3.8, 4) is 0 Å². The van der Waals surface area contributed by atoms with Crippen molar-refractivity contribution in [2.75, 3.05) is 0 Å². The van der Waals surface area contributed by atoms with Gasteiger partial charge in [-0.05, 0) is 6.07 Å². The average Bonchev–Trinajstić information content (AvgIpc) is 1.88. The molecule has 0 spiro atoms. The number of hydrogen-bond acceptors (Lipinski definition) is 2. The van der Waals surface area contributed by atoms with Gasteiger partial charge in [0.15, 0.2) is 0 Å². The molecule has 0 aromatic heterocycles. The summed E-state index contributed by atoms with van der Waals surface area (Å²) in [6.07, 6.45) is 0. The molecule has 0 aliphatic heterocycles. The summed E-state index contributed by atoms with van der Waals surface area (Å²) in [7, 11) is 0. The molecule has 0 amide bonds. The van der Waals surface area contributed by atoms with E-state index < -0.39 is 5.97 Å². The Kier molecular flexibility index (Phi) is 4.31. The second-order valence-corrected chi connectivity index (χ2v) is 2.30. The van der Waals surface area contributed by atoms with E-state index in [-0.39, 0.29) is 26.6 Å². The molecule has 2 nitrogen and oxygen atoms in total. The monoisotopic (exact) mass is 337 g/mol. The van der Waals surface area contributed by atoms with Gasteiger partial charge in [-0.1, -0.05) is 18.2 Å². The van der Waals surface area contributed by atoms with Crippen molar-refractivity contribution < 1.29 is 31.0 Å². The second-order valence-electron chi connectivity index (χ2n) is 1.83. The smallest absolute Gasteiger partial charge is 0.335 e. The van der Waals surface area contributed by atoms with Gasteiger partial charge in [0, 0.05) is 21.1 Å². The Morgan fingerprint density at radius 3 is 2.45 bits per heavy atom. The number of carboxylic acids is 1. The molecule has 0 bridgehead atoms. The maximum absolute atomic E-state index is 10.3. The molecule has 0 aliphatic rings. The number of benzene rings is 1. The summed E-state index contributed by atoms with van der Waals surface area (Å²) < 4.78 is 0. The number of rotatable bonds is 1. The van der Waals surface area contributed by atoms with Gasteiger partial charge >= 0.3 is 5.97 Å². The van der Waals surface area contributed by atoms with Crippen LogP contribution in [0.5, 0.6) is 0 Å². The minimum Gasteiger partial charge on any atom is -0.780 e. The zero-order valence-corrected chi connectivity index (χ0v) is 9.23. The fraction of sp³-hybridized carbons (Fsp3) is 0. The van der Waals surface area contributed by atoms with Gasteiger partial charge in [0.1, 0.15) is 0 Å². The summed E-state index contributed by atoms with van der Waals surface area (Å²) in [4.78, 5) is 10.9. The molecule has 1 rings (SSSR count). The molecule has 0 aliphatic carbocycles. The Balaban J connectivity index is 0.000001000. The second kappa shape index (κ2) is 4.47. The molecular formula is C7H5O2SW-. The first kappa shape index (κ1) is 10.6. The van der Waals surface area contributed by atoms with Crippen molar-refractivity contribution in [2.45, 2.75) is 4.90 Å². The van der Waals surface area contributed by atoms with Gasteiger partial charge in [-0.15, -0.1) is 0 Å². The zero-order chi connectivity index (χ0) is 7.56. The minimum atomic E-state index is -0.938. The molecule has 0 radical (unpaired) electrons. The summed E-state index contributed by atoms with van der Waals surface area (Å²) in [5, 5.41) is 8.46. The van der Waals surface area contributed by atoms with Crippen LogP contribution >= 0.6 is 0 Å². The van der Waals surface area contributed by atoms with Crippen molar-refractivity contribution in [1.29, 1.82) is 0 Å². The molecule has 0 atom stereocenters. The van der Waals surface area contributed by atoms with Gasteiger partial charge in [0.25, 0.3) is 0 Å². The van der Waals surface area contributed by atoms with E-state index in [0.717, 1.165) is 0 Å². The summed E-state index contributed by atoms with van der Waals surface area (Å²) in [5.41, 5.74) is 0.243. The third kappa shape index (κ3) is 3.00. The Morgan fingerprint density at radius 2 is 2.09 bits per heavy atom. The molecule has 1 aromatic rings. The van der Waals surface area contributed by atoms with Crippen molar-refractivity contribution in [3.63, 3.8) is 0 Å². The minimum absolute atomic E-state index is 0. The van der Waals surface area contributed by atoms with E-state index in [4.69, 9.17) is 17.7 Å². The van der Waals surface area contributed by atoms with Crippen molar-refractivity contribution in [2.24, 2.45) is 0 Å². The first-order chi connectivity index (χ1) is 4.70. The van der Waals surface area contributed by atoms with Gasteiger partial charge in [-0.2, -0.15) is 4.90 Å². The summed E-state index contributed by atoms with van der Waals surface area (Å²) >= 11 is 4.76. The Labute approximate surface area is 84.3 Å². The van der Waals surface area contributed by atoms with Crippen LogP contribution in [0.25, 0.3) is 0 Å². The van der Waals surface area contributed by atoms with Crippen LogP contribution in [0.3, 0.4) is 0 Å². The van der Waals surface area contributed by atoms with Gasteiger partial charge < -0.3 is 17.7 Å². The van der Waals surface area contributed by atoms with Crippen LogP contribution in [0.1, 0.15) is 10.4 Å². The molecule has 0 unspecified atom stereocenters. The quantitative estimate of drug-likeness (QED) is 0.785. The van der Waals surface area contributed by atoms with Gasteiger partial charge in [0.2, 0.25) is 0 Å². The van der Waals surface area contributed by atoms with Crippen LogP contribution in [-0.2, 0) is 33.7 Å². The fourth-order valence-corrected chi connectivity index (χ4v) is 0.835. The van der Waals surface area contributed by atoms with E-state index in [1.807, 2.05) is 0 Å². The third-order valence-corrected chi connectivity index (χ3v) is 1.33. The zero-order valence-electron chi connectivity index (χ0n) is 5.48. The molecule has 1 N–H and O–H groups in total. The maximum atomic E-state index is 10.3. The molecule has 58 valence electrons. The number of carboxylic acid groups (broad SMARTS) is 1. The molecule has 1 aromatic carbocycles. The normalized spacial score (nSPS) is 8.36. The molecule has 0 heterocycles. The topological polar surface area (TPSA) is 37.3 Å². The van der Waals surface area contributed by atoms with E-state index in [1.165, 1.54) is 12.1 Å². The summed E-state index contributed by atoms with van der Waals surface area (Å²) in [5.74, 6) is -0.938. The Morgan fingerprint density at radius 1 is 1.45 bits per heavy atom. The molecule has 0 saturated heterocycles. The largest absolute Gasteiger partial charge is 0.780 e. The van der Waals surface area contributed by atoms with Crippen LogP contribution in [-0.4, -0.2) is 11.1 Å². The van der Waals surface area contributed by atoms with E-state index in [9.17, 15) is 4.79 Å². The fourth-order valence-electron chi connectivity index (χ4n) is 0.629. The van der Waals surface area contributed by atoms with Crippen LogP contribution in [0.15, 0.2) is 29.2 Å². The molecule has 4 heteroatoms. The van der Waals surface area contributed by atoms with E-state index in [0.29, 0.717) is 4.90 Å². The van der Waals surface area contributed by atoms with E-state index in [1.54, 1.807) is 12.1 Å². The Hall–Kier alpha value is -0.402. The van der Waals surface area contributed by atoms with Crippen LogP contribution in [0, 0.1) is 0 Å². The van der Waals surface area contributed by atoms with Crippen LogP contribution in [0.4, 0.5) is 0 Å². The predicted molar refractivity (Wildman–Crippen MR) is 39.0 cm³/mol. The maximum Gasteiger partial charge on any atom is 0.335 e. The van der Waals surface area contributed by atoms with Crippen LogP contribution < -0.4 is 0 Å². The van der Waals surface area contributed by atoms with E-state index in [2.05, 4.69) is 0 Å². The average molecular weight is 337 g/mol. The summed E-state index contributed by atoms with van der Waals surface area (Å²) in [6.45, 7) is 0. The summed E-state index contributed by atoms with van der Waals surface area (Å²) in [6, 6.07) is 6.28. The number of hydrogen-bond donors (Lipinski definition) is 1. The third-order valence-electron chi connectivity index (χ3n) is 1.08. The van der Waals surface area contributed by atoms with Gasteiger partial charge in [-0.25, -0.2) is 4.79 Å². The molecular weight excluding hydrogens is 332 g/mol. The van der Waals surface area contributed by atoms with Crippen molar-refractivity contribution in [3.05, 3.63) is 29.8 Å². The van der Waals surface area contributed by atoms with Crippen molar-refractivity contribution >= 4 is 18.6 Å². The first-order valence-corrected chi connectivity index (χ1v) is 3.11. The van der Waals surface area contributed by atoms with Crippen LogP contribution in [0.2, 0.25) is 0 Å². The van der Waals surface area contributed by atoms with Crippen molar-refractivity contribution in [1.82, 2.24) is 0 Å². The first-order valence-electron chi connectivity index (χ1n) is 2.70. The molecule has 0 fully saturated rings. The van der Waals surface area contributed by atoms with E-state index >= 15 is 0 Å². The predicted octanol–water partition coefficient (Wildman–Crippen LogP) is 1.29. The molecule has 11 heavy (non-hydrogen) atoms. The SMILES string of the molecule is O=C(O)c1cccc([S-])c1.[W].